The first kappa shape index (κ1) is 11.5. The molecule has 0 aromatic heterocycles. The van der Waals surface area contributed by atoms with Gasteiger partial charge in [-0.3, -0.25) is 0 Å². The normalized spacial score (nSPS) is 13.7. The summed E-state index contributed by atoms with van der Waals surface area (Å²) in [5.41, 5.74) is 0. The molecule has 0 N–H and O–H groups in total. The second-order valence-electron chi connectivity index (χ2n) is 3.54. The Labute approximate surface area is 87.1 Å². The van der Waals surface area contributed by atoms with Gasteiger partial charge in [0.1, 0.15) is 11.1 Å². The van der Waals surface area contributed by atoms with Gasteiger partial charge in [0.15, 0.2) is 0 Å². The summed E-state index contributed by atoms with van der Waals surface area (Å²) in [6.45, 7) is 6.17. The van der Waals surface area contributed by atoms with Crippen molar-refractivity contribution in [2.45, 2.75) is 19.2 Å². The minimum Gasteiger partial charge on any atom is -0.481 e. The van der Waals surface area contributed by atoms with Crippen molar-refractivity contribution in [2.75, 3.05) is 13.8 Å². The predicted molar refractivity (Wildman–Crippen MR) is 61.0 cm³/mol. The Bertz CT molecular complexity index is 272. The summed E-state index contributed by atoms with van der Waals surface area (Å²) in [7, 11) is 1.16. The first-order valence-corrected chi connectivity index (χ1v) is 6.29. The van der Waals surface area contributed by atoms with Gasteiger partial charge in [-0.2, -0.15) is 0 Å². The molecule has 0 saturated carbocycles. The van der Waals surface area contributed by atoms with Crippen LogP contribution in [0, 0.1) is 0 Å². The van der Waals surface area contributed by atoms with E-state index in [1.165, 1.54) is 0 Å². The van der Waals surface area contributed by atoms with Crippen LogP contribution >= 0.6 is 8.15 Å². The molecule has 1 aromatic rings. The van der Waals surface area contributed by atoms with Crippen molar-refractivity contribution in [3.05, 3.63) is 30.3 Å². The van der Waals surface area contributed by atoms with Gasteiger partial charge < -0.3 is 9.26 Å². The zero-order chi connectivity index (χ0) is 10.6. The van der Waals surface area contributed by atoms with Crippen molar-refractivity contribution >= 4 is 8.15 Å². The highest BCUT2D eigenvalue weighted by atomic mass is 31.1. The van der Waals surface area contributed by atoms with Crippen molar-refractivity contribution in [2.24, 2.45) is 0 Å². The molecule has 1 rings (SSSR count). The smallest absolute Gasteiger partial charge is 0.146 e. The van der Waals surface area contributed by atoms with Gasteiger partial charge in [0, 0.05) is 7.11 Å². The lowest BCUT2D eigenvalue weighted by Gasteiger charge is -2.31. The zero-order valence-corrected chi connectivity index (χ0v) is 10.0. The monoisotopic (exact) mass is 212 g/mol. The first-order chi connectivity index (χ1) is 6.56. The summed E-state index contributed by atoms with van der Waals surface area (Å²) in [5, 5.41) is -0.245. The fourth-order valence-electron chi connectivity index (χ4n) is 1.06. The number of rotatable bonds is 4. The Morgan fingerprint density at radius 2 is 1.71 bits per heavy atom. The van der Waals surface area contributed by atoms with Crippen LogP contribution in [0.1, 0.15) is 13.8 Å². The summed E-state index contributed by atoms with van der Waals surface area (Å²) in [5.74, 6) is 0.893. The molecule has 1 unspecified atom stereocenters. The summed E-state index contributed by atoms with van der Waals surface area (Å²) in [4.78, 5) is 0. The molecule has 0 bridgehead atoms. The Balaban J connectivity index is 2.68. The highest BCUT2D eigenvalue weighted by Crippen LogP contribution is 2.47. The van der Waals surface area contributed by atoms with Gasteiger partial charge in [0.2, 0.25) is 0 Å². The van der Waals surface area contributed by atoms with E-state index in [9.17, 15) is 0 Å². The third-order valence-electron chi connectivity index (χ3n) is 2.14. The van der Waals surface area contributed by atoms with Gasteiger partial charge in [-0.1, -0.05) is 18.2 Å². The van der Waals surface area contributed by atoms with Crippen molar-refractivity contribution < 1.29 is 9.26 Å². The lowest BCUT2D eigenvalue weighted by Crippen LogP contribution is -2.26. The third-order valence-corrected chi connectivity index (χ3v) is 4.30. The van der Waals surface area contributed by atoms with E-state index in [0.717, 1.165) is 5.75 Å². The van der Waals surface area contributed by atoms with E-state index in [1.807, 2.05) is 30.3 Å². The molecule has 0 saturated heterocycles. The molecule has 3 heteroatoms. The highest BCUT2D eigenvalue weighted by Gasteiger charge is 2.28. The molecule has 0 fully saturated rings. The fourth-order valence-corrected chi connectivity index (χ4v) is 1.73. The molecule has 0 spiro atoms. The van der Waals surface area contributed by atoms with E-state index < -0.39 is 8.15 Å². The molecule has 2 nitrogen and oxygen atoms in total. The number of benzene rings is 1. The van der Waals surface area contributed by atoms with Crippen LogP contribution in [-0.2, 0) is 4.52 Å². The summed E-state index contributed by atoms with van der Waals surface area (Å²) in [6.07, 6.45) is 0. The molecule has 0 radical (unpaired) electrons. The van der Waals surface area contributed by atoms with E-state index in [4.69, 9.17) is 9.26 Å². The molecular weight excluding hydrogens is 195 g/mol. The van der Waals surface area contributed by atoms with Crippen molar-refractivity contribution in [1.82, 2.24) is 0 Å². The molecule has 14 heavy (non-hydrogen) atoms. The number of hydrogen-bond donors (Lipinski definition) is 0. The van der Waals surface area contributed by atoms with Gasteiger partial charge >= 0.3 is 0 Å². The Morgan fingerprint density at radius 1 is 1.14 bits per heavy atom. The SMILES string of the molecule is COP(C)C(C)(C)Oc1ccccc1. The summed E-state index contributed by atoms with van der Waals surface area (Å²) in [6, 6.07) is 9.83. The number of ether oxygens (including phenoxy) is 1. The molecule has 0 aliphatic heterocycles. The van der Waals surface area contributed by atoms with Crippen molar-refractivity contribution in [1.29, 1.82) is 0 Å². The molecule has 0 amide bonds. The summed E-state index contributed by atoms with van der Waals surface area (Å²) < 4.78 is 11.2. The maximum atomic E-state index is 5.86. The van der Waals surface area contributed by atoms with E-state index in [0.29, 0.717) is 0 Å². The maximum Gasteiger partial charge on any atom is 0.146 e. The molecular formula is C11H17O2P. The minimum absolute atomic E-state index is 0.245. The fraction of sp³-hybridized carbons (Fsp3) is 0.455. The largest absolute Gasteiger partial charge is 0.481 e. The van der Waals surface area contributed by atoms with Crippen LogP contribution < -0.4 is 4.74 Å². The van der Waals surface area contributed by atoms with Gasteiger partial charge in [0.25, 0.3) is 0 Å². The minimum atomic E-state index is -0.568. The van der Waals surface area contributed by atoms with Gasteiger partial charge in [-0.15, -0.1) is 0 Å². The molecule has 0 aliphatic rings. The van der Waals surface area contributed by atoms with Crippen LogP contribution in [0.25, 0.3) is 0 Å². The van der Waals surface area contributed by atoms with Gasteiger partial charge in [-0.25, -0.2) is 0 Å². The highest BCUT2D eigenvalue weighted by molar-refractivity contribution is 7.53. The lowest BCUT2D eigenvalue weighted by atomic mass is 10.3. The molecule has 1 atom stereocenters. The second kappa shape index (κ2) is 4.77. The van der Waals surface area contributed by atoms with E-state index in [2.05, 4.69) is 20.5 Å². The Kier molecular flexibility index (Phi) is 3.91. The number of para-hydroxylation sites is 1. The Hall–Kier alpha value is -0.590. The van der Waals surface area contributed by atoms with E-state index in [-0.39, 0.29) is 5.34 Å². The van der Waals surface area contributed by atoms with Crippen LogP contribution in [0.5, 0.6) is 5.75 Å². The van der Waals surface area contributed by atoms with Gasteiger partial charge in [-0.05, 0) is 32.6 Å². The van der Waals surface area contributed by atoms with Crippen LogP contribution in [0.15, 0.2) is 30.3 Å². The molecule has 78 valence electrons. The van der Waals surface area contributed by atoms with E-state index >= 15 is 0 Å². The maximum absolute atomic E-state index is 5.86. The van der Waals surface area contributed by atoms with Gasteiger partial charge in [0.05, 0.1) is 8.15 Å². The molecule has 0 heterocycles. The molecule has 0 aliphatic carbocycles. The Morgan fingerprint density at radius 3 is 2.21 bits per heavy atom. The van der Waals surface area contributed by atoms with Crippen LogP contribution in [-0.4, -0.2) is 19.1 Å². The lowest BCUT2D eigenvalue weighted by molar-refractivity contribution is 0.185. The first-order valence-electron chi connectivity index (χ1n) is 4.58. The van der Waals surface area contributed by atoms with Crippen molar-refractivity contribution in [3.63, 3.8) is 0 Å². The van der Waals surface area contributed by atoms with Crippen molar-refractivity contribution in [3.8, 4) is 5.75 Å². The van der Waals surface area contributed by atoms with Crippen LogP contribution in [0.4, 0.5) is 0 Å². The average Bonchev–Trinajstić information content (AvgIpc) is 2.17. The number of hydrogen-bond acceptors (Lipinski definition) is 2. The zero-order valence-electron chi connectivity index (χ0n) is 9.15. The topological polar surface area (TPSA) is 18.5 Å². The summed E-state index contributed by atoms with van der Waals surface area (Å²) >= 11 is 0. The van der Waals surface area contributed by atoms with Crippen LogP contribution in [0.3, 0.4) is 0 Å². The van der Waals surface area contributed by atoms with E-state index in [1.54, 1.807) is 7.11 Å². The second-order valence-corrected chi connectivity index (χ2v) is 5.98. The standard InChI is InChI=1S/C11H17O2P/c1-11(2,14(4)12-3)13-10-8-6-5-7-9-10/h5-9H,1-4H3. The predicted octanol–water partition coefficient (Wildman–Crippen LogP) is 3.47. The molecule has 1 aromatic carbocycles. The third kappa shape index (κ3) is 2.97. The quantitative estimate of drug-likeness (QED) is 0.711. The van der Waals surface area contributed by atoms with Crippen LogP contribution in [0.2, 0.25) is 0 Å². The average molecular weight is 212 g/mol.